The summed E-state index contributed by atoms with van der Waals surface area (Å²) in [4.78, 5) is 9.92. The van der Waals surface area contributed by atoms with E-state index in [2.05, 4.69) is 63.4 Å². The molecule has 3 nitrogen and oxygen atoms in total. The summed E-state index contributed by atoms with van der Waals surface area (Å²) in [7, 11) is -1.07. The van der Waals surface area contributed by atoms with Crippen molar-refractivity contribution < 1.29 is 22.1 Å². The molecule has 1 aliphatic heterocycles. The van der Waals surface area contributed by atoms with Gasteiger partial charge in [0, 0.05) is 13.2 Å². The van der Waals surface area contributed by atoms with Gasteiger partial charge >= 0.3 is 17.4 Å². The largest absolute Gasteiger partial charge is 3.00 e. The molecule has 2 atom stereocenters. The van der Waals surface area contributed by atoms with Crippen LogP contribution in [0.15, 0.2) is 30.3 Å². The molecule has 151 valence electrons. The summed E-state index contributed by atoms with van der Waals surface area (Å²) in [6.07, 6.45) is 5.20. The third kappa shape index (κ3) is 7.03. The Morgan fingerprint density at radius 3 is 1.89 bits per heavy atom. The van der Waals surface area contributed by atoms with E-state index in [1.165, 1.54) is 25.7 Å². The van der Waals surface area contributed by atoms with E-state index >= 15 is 0 Å². The zero-order valence-corrected chi connectivity index (χ0v) is 21.3. The van der Waals surface area contributed by atoms with Gasteiger partial charge in [0.15, 0.2) is 0 Å². The first-order valence-electron chi connectivity index (χ1n) is 10.1. The van der Waals surface area contributed by atoms with Gasteiger partial charge in [0.2, 0.25) is 0 Å². The van der Waals surface area contributed by atoms with Gasteiger partial charge in [0.25, 0.3) is 0 Å². The van der Waals surface area contributed by atoms with Crippen molar-refractivity contribution in [1.82, 2.24) is 0 Å². The maximum Gasteiger partial charge on any atom is 3.00 e. The molecule has 2 fully saturated rings. The minimum absolute atomic E-state index is 0. The minimum atomic E-state index is -1.64. The monoisotopic (exact) mass is 441 g/mol. The van der Waals surface area contributed by atoms with Crippen molar-refractivity contribution in [3.63, 3.8) is 0 Å². The van der Waals surface area contributed by atoms with Crippen LogP contribution < -0.4 is 0 Å². The number of ether oxygens (including phenoxy) is 1. The SMILES string of the molecule is C1CCOC1.C[N-][Si](C)(C)C1CCC([Si](C)(C)[N-]c2ccccc2)[C-]1C.[Cr+3]. The van der Waals surface area contributed by atoms with Gasteiger partial charge in [0.1, 0.15) is 0 Å². The molecular formula is C21H37CrN2OSi2. The topological polar surface area (TPSA) is 37.4 Å². The van der Waals surface area contributed by atoms with E-state index < -0.39 is 16.5 Å². The quantitative estimate of drug-likeness (QED) is 0.357. The van der Waals surface area contributed by atoms with Crippen LogP contribution in [0.5, 0.6) is 0 Å². The Hall–Kier alpha value is -0.0938. The van der Waals surface area contributed by atoms with Crippen molar-refractivity contribution in [3.05, 3.63) is 46.2 Å². The Morgan fingerprint density at radius 2 is 1.44 bits per heavy atom. The Labute approximate surface area is 180 Å². The molecule has 1 aromatic carbocycles. The van der Waals surface area contributed by atoms with Gasteiger partial charge in [-0.2, -0.15) is 25.1 Å². The van der Waals surface area contributed by atoms with Gasteiger partial charge in [0.05, 0.1) is 0 Å². The predicted molar refractivity (Wildman–Crippen MR) is 119 cm³/mol. The molecule has 1 saturated carbocycles. The van der Waals surface area contributed by atoms with Gasteiger partial charge in [-0.1, -0.05) is 85.8 Å². The third-order valence-corrected chi connectivity index (χ3v) is 13.0. The Balaban J connectivity index is 0.000000526. The molecule has 0 aromatic heterocycles. The number of benzene rings is 1. The van der Waals surface area contributed by atoms with Crippen molar-refractivity contribution in [1.29, 1.82) is 0 Å². The van der Waals surface area contributed by atoms with Crippen LogP contribution in [0, 0.1) is 5.92 Å². The summed E-state index contributed by atoms with van der Waals surface area (Å²) in [5.74, 6) is 1.70. The van der Waals surface area contributed by atoms with E-state index in [1.54, 1.807) is 5.92 Å². The van der Waals surface area contributed by atoms with Gasteiger partial charge in [-0.25, -0.2) is 0 Å². The second-order valence-electron chi connectivity index (χ2n) is 8.72. The van der Waals surface area contributed by atoms with E-state index in [1.807, 2.05) is 7.05 Å². The maximum absolute atomic E-state index is 5.17. The summed E-state index contributed by atoms with van der Waals surface area (Å²) < 4.78 is 4.94. The van der Waals surface area contributed by atoms with Gasteiger partial charge < -0.3 is 20.6 Å². The normalized spacial score (nSPS) is 23.3. The number of nitrogens with zero attached hydrogens (tertiary/aromatic N) is 2. The fourth-order valence-electron chi connectivity index (χ4n) is 4.43. The zero-order valence-electron chi connectivity index (χ0n) is 18.0. The molecule has 1 heterocycles. The maximum atomic E-state index is 5.17. The van der Waals surface area contributed by atoms with Crippen LogP contribution in [-0.2, 0) is 22.1 Å². The molecule has 1 saturated heterocycles. The van der Waals surface area contributed by atoms with Crippen LogP contribution in [0.1, 0.15) is 32.6 Å². The second-order valence-corrected chi connectivity index (χ2v) is 17.4. The molecule has 1 aliphatic carbocycles. The summed E-state index contributed by atoms with van der Waals surface area (Å²) >= 11 is 0. The molecule has 1 radical (unpaired) electrons. The van der Waals surface area contributed by atoms with E-state index in [0.717, 1.165) is 30.0 Å². The first-order chi connectivity index (χ1) is 12.3. The standard InChI is InChI=1S/C17H29N2Si2.C4H8O.Cr/c1-14-16(20(3,4)18-2)12-13-17(14)21(5,6)19-15-10-8-7-9-11-15;1-2-4-5-3-1;/h7-11,16-17H,12-13H2,1-6H3;1-4H2;/q-3;;+3. The van der Waals surface area contributed by atoms with Crippen molar-refractivity contribution in [3.8, 4) is 0 Å². The van der Waals surface area contributed by atoms with Crippen LogP contribution in [0.2, 0.25) is 37.3 Å². The molecule has 0 N–H and O–H groups in total. The second kappa shape index (κ2) is 11.2. The molecule has 2 aliphatic rings. The fraction of sp³-hybridized carbons (Fsp3) is 0.667. The van der Waals surface area contributed by atoms with E-state index in [9.17, 15) is 0 Å². The van der Waals surface area contributed by atoms with Crippen LogP contribution >= 0.6 is 0 Å². The van der Waals surface area contributed by atoms with Crippen LogP contribution in [-0.4, -0.2) is 36.7 Å². The van der Waals surface area contributed by atoms with E-state index in [-0.39, 0.29) is 17.4 Å². The molecule has 2 unspecified atom stereocenters. The molecule has 0 spiro atoms. The first kappa shape index (κ1) is 24.9. The van der Waals surface area contributed by atoms with Crippen LogP contribution in [0.4, 0.5) is 5.69 Å². The number of rotatable bonds is 5. The van der Waals surface area contributed by atoms with Crippen molar-refractivity contribution in [2.45, 2.75) is 69.9 Å². The average molecular weight is 442 g/mol. The van der Waals surface area contributed by atoms with Gasteiger partial charge in [-0.3, -0.25) is 0 Å². The average Bonchev–Trinajstić information content (AvgIpc) is 3.28. The molecule has 1 aromatic rings. The number of hydrogen-bond acceptors (Lipinski definition) is 1. The summed E-state index contributed by atoms with van der Waals surface area (Å²) in [6.45, 7) is 14.1. The molecule has 3 rings (SSSR count). The zero-order chi connectivity index (χ0) is 19.2. The first-order valence-corrected chi connectivity index (χ1v) is 16.1. The van der Waals surface area contributed by atoms with Crippen LogP contribution in [0.3, 0.4) is 0 Å². The van der Waals surface area contributed by atoms with E-state index in [4.69, 9.17) is 14.7 Å². The van der Waals surface area contributed by atoms with E-state index in [0.29, 0.717) is 0 Å². The smallest absolute Gasteiger partial charge is 0.688 e. The summed E-state index contributed by atoms with van der Waals surface area (Å²) in [5.41, 5.74) is 2.63. The molecule has 27 heavy (non-hydrogen) atoms. The fourth-order valence-corrected chi connectivity index (χ4v) is 10.3. The predicted octanol–water partition coefficient (Wildman–Crippen LogP) is 7.03. The Bertz CT molecular complexity index is 531. The van der Waals surface area contributed by atoms with Crippen molar-refractivity contribution in [2.24, 2.45) is 0 Å². The Morgan fingerprint density at radius 1 is 0.926 bits per heavy atom. The summed E-state index contributed by atoms with van der Waals surface area (Å²) in [6, 6.07) is 10.5. The van der Waals surface area contributed by atoms with Crippen LogP contribution in [0.25, 0.3) is 9.96 Å². The number of hydrogen-bond donors (Lipinski definition) is 0. The Kier molecular flexibility index (Phi) is 10.3. The molecular weight excluding hydrogens is 404 g/mol. The van der Waals surface area contributed by atoms with Gasteiger partial charge in [-0.15, -0.1) is 5.69 Å². The van der Waals surface area contributed by atoms with Gasteiger partial charge in [-0.05, 0) is 12.8 Å². The molecule has 0 amide bonds. The van der Waals surface area contributed by atoms with Crippen molar-refractivity contribution >= 4 is 22.2 Å². The minimum Gasteiger partial charge on any atom is -0.688 e. The summed E-state index contributed by atoms with van der Waals surface area (Å²) in [5, 5.41) is 0. The molecule has 0 bridgehead atoms. The molecule has 6 heteroatoms. The third-order valence-electron chi connectivity index (χ3n) is 6.13. The van der Waals surface area contributed by atoms with Crippen molar-refractivity contribution in [2.75, 3.05) is 20.3 Å².